The quantitative estimate of drug-likeness (QED) is 0.663. The minimum absolute atomic E-state index is 0.0142. The van der Waals surface area contributed by atoms with Crippen molar-refractivity contribution < 1.29 is 13.3 Å². The Balaban J connectivity index is 2.78. The van der Waals surface area contributed by atoms with Gasteiger partial charge in [-0.3, -0.25) is 0 Å². The largest absolute Gasteiger partial charge is 0.338 e. The first-order valence-electron chi connectivity index (χ1n) is 2.54. The molecule has 6 heteroatoms. The van der Waals surface area contributed by atoms with E-state index in [-0.39, 0.29) is 12.4 Å². The van der Waals surface area contributed by atoms with Crippen LogP contribution in [0.4, 0.5) is 8.78 Å². The van der Waals surface area contributed by atoms with Gasteiger partial charge >= 0.3 is 6.43 Å². The van der Waals surface area contributed by atoms with Gasteiger partial charge in [-0.1, -0.05) is 5.16 Å². The van der Waals surface area contributed by atoms with Gasteiger partial charge in [0.2, 0.25) is 11.7 Å². The summed E-state index contributed by atoms with van der Waals surface area (Å²) < 4.78 is 27.7. The lowest BCUT2D eigenvalue weighted by molar-refractivity contribution is 0.136. The molecule has 0 aliphatic heterocycles. The highest BCUT2D eigenvalue weighted by atomic mass is 19.3. The fourth-order valence-corrected chi connectivity index (χ4v) is 0.440. The van der Waals surface area contributed by atoms with Crippen molar-refractivity contribution in [3.8, 4) is 0 Å². The van der Waals surface area contributed by atoms with Gasteiger partial charge in [0.05, 0.1) is 6.54 Å². The predicted octanol–water partition coefficient (Wildman–Crippen LogP) is 0.466. The van der Waals surface area contributed by atoms with Crippen molar-refractivity contribution in [1.29, 1.82) is 0 Å². The standard InChI is InChI=1S/C4H5F2N3O/c5-3(6)4-8-2(1-7)10-9-4/h3H,1,7H2. The Kier molecular flexibility index (Phi) is 1.91. The molecule has 0 aliphatic carbocycles. The van der Waals surface area contributed by atoms with E-state index in [2.05, 4.69) is 14.7 Å². The molecule has 0 saturated heterocycles. The molecule has 0 spiro atoms. The van der Waals surface area contributed by atoms with Gasteiger partial charge in [-0.05, 0) is 0 Å². The lowest BCUT2D eigenvalue weighted by Crippen LogP contribution is -1.96. The summed E-state index contributed by atoms with van der Waals surface area (Å²) in [5.74, 6) is -0.587. The first kappa shape index (κ1) is 7.07. The highest BCUT2D eigenvalue weighted by Gasteiger charge is 2.14. The monoisotopic (exact) mass is 149 g/mol. The summed E-state index contributed by atoms with van der Waals surface area (Å²) in [5, 5.41) is 2.97. The maximum absolute atomic E-state index is 11.7. The van der Waals surface area contributed by atoms with Crippen LogP contribution in [0.3, 0.4) is 0 Å². The lowest BCUT2D eigenvalue weighted by Gasteiger charge is -1.83. The van der Waals surface area contributed by atoms with Crippen molar-refractivity contribution in [2.45, 2.75) is 13.0 Å². The molecule has 1 rings (SSSR count). The van der Waals surface area contributed by atoms with E-state index >= 15 is 0 Å². The number of nitrogens with zero attached hydrogens (tertiary/aromatic N) is 2. The fraction of sp³-hybridized carbons (Fsp3) is 0.500. The van der Waals surface area contributed by atoms with Crippen LogP contribution in [0.15, 0.2) is 4.52 Å². The van der Waals surface area contributed by atoms with E-state index in [1.165, 1.54) is 0 Å². The van der Waals surface area contributed by atoms with Crippen LogP contribution in [-0.4, -0.2) is 10.1 Å². The SMILES string of the molecule is NCc1nc(C(F)F)no1. The molecule has 0 fully saturated rings. The van der Waals surface area contributed by atoms with E-state index in [0.717, 1.165) is 0 Å². The smallest absolute Gasteiger partial charge is 0.300 e. The van der Waals surface area contributed by atoms with Gasteiger partial charge in [0, 0.05) is 0 Å². The van der Waals surface area contributed by atoms with Gasteiger partial charge in [0.1, 0.15) is 0 Å². The molecule has 1 heterocycles. The van der Waals surface area contributed by atoms with Crippen LogP contribution >= 0.6 is 0 Å². The molecule has 0 aliphatic rings. The number of rotatable bonds is 2. The molecule has 0 radical (unpaired) electrons. The second-order valence-corrected chi connectivity index (χ2v) is 1.55. The van der Waals surface area contributed by atoms with Gasteiger partial charge in [-0.15, -0.1) is 0 Å². The number of hydrogen-bond acceptors (Lipinski definition) is 4. The number of alkyl halides is 2. The Morgan fingerprint density at radius 1 is 1.60 bits per heavy atom. The summed E-state index contributed by atoms with van der Waals surface area (Å²) in [4.78, 5) is 3.28. The number of halogens is 2. The first-order chi connectivity index (χ1) is 4.74. The van der Waals surface area contributed by atoms with Gasteiger partial charge in [-0.25, -0.2) is 8.78 Å². The molecule has 0 saturated carbocycles. The molecule has 0 aromatic carbocycles. The zero-order valence-electron chi connectivity index (χ0n) is 4.92. The molecular weight excluding hydrogens is 144 g/mol. The average molecular weight is 149 g/mol. The zero-order valence-corrected chi connectivity index (χ0v) is 4.92. The molecule has 2 N–H and O–H groups in total. The van der Waals surface area contributed by atoms with Crippen LogP contribution < -0.4 is 5.73 Å². The summed E-state index contributed by atoms with van der Waals surface area (Å²) in [6.07, 6.45) is -2.69. The number of aromatic nitrogens is 2. The second kappa shape index (κ2) is 2.70. The van der Waals surface area contributed by atoms with Gasteiger partial charge < -0.3 is 10.3 Å². The van der Waals surface area contributed by atoms with Crippen molar-refractivity contribution in [3.63, 3.8) is 0 Å². The Bertz CT molecular complexity index is 212. The van der Waals surface area contributed by atoms with E-state index in [1.807, 2.05) is 0 Å². The molecular formula is C4H5F2N3O. The van der Waals surface area contributed by atoms with E-state index in [1.54, 1.807) is 0 Å². The fourth-order valence-electron chi connectivity index (χ4n) is 0.440. The minimum atomic E-state index is -2.69. The second-order valence-electron chi connectivity index (χ2n) is 1.55. The highest BCUT2D eigenvalue weighted by molar-refractivity contribution is 4.85. The Morgan fingerprint density at radius 2 is 2.30 bits per heavy atom. The summed E-state index contributed by atoms with van der Waals surface area (Å²) in [5.41, 5.74) is 5.02. The van der Waals surface area contributed by atoms with Crippen molar-refractivity contribution in [3.05, 3.63) is 11.7 Å². The molecule has 1 aromatic rings. The van der Waals surface area contributed by atoms with E-state index in [4.69, 9.17) is 5.73 Å². The lowest BCUT2D eigenvalue weighted by atomic mass is 10.6. The van der Waals surface area contributed by atoms with E-state index in [0.29, 0.717) is 0 Å². The summed E-state index contributed by atoms with van der Waals surface area (Å²) in [6, 6.07) is 0. The van der Waals surface area contributed by atoms with Crippen LogP contribution in [0.1, 0.15) is 18.1 Å². The predicted molar refractivity (Wildman–Crippen MR) is 27.1 cm³/mol. The molecule has 0 unspecified atom stereocenters. The molecule has 1 aromatic heterocycles. The van der Waals surface area contributed by atoms with Crippen LogP contribution in [-0.2, 0) is 6.54 Å². The van der Waals surface area contributed by atoms with E-state index < -0.39 is 12.2 Å². The maximum Gasteiger partial charge on any atom is 0.300 e. The van der Waals surface area contributed by atoms with E-state index in [9.17, 15) is 8.78 Å². The highest BCUT2D eigenvalue weighted by Crippen LogP contribution is 2.13. The van der Waals surface area contributed by atoms with Crippen molar-refractivity contribution in [2.75, 3.05) is 0 Å². The molecule has 0 atom stereocenters. The third-order valence-corrected chi connectivity index (χ3v) is 0.854. The zero-order chi connectivity index (χ0) is 7.56. The summed E-state index contributed by atoms with van der Waals surface area (Å²) in [6.45, 7) is -0.0142. The topological polar surface area (TPSA) is 64.9 Å². The van der Waals surface area contributed by atoms with Gasteiger partial charge in [0.15, 0.2) is 0 Å². The normalized spacial score (nSPS) is 10.8. The molecule has 56 valence electrons. The Morgan fingerprint density at radius 3 is 2.60 bits per heavy atom. The first-order valence-corrected chi connectivity index (χ1v) is 2.54. The van der Waals surface area contributed by atoms with Crippen LogP contribution in [0.5, 0.6) is 0 Å². The van der Waals surface area contributed by atoms with Gasteiger partial charge in [0.25, 0.3) is 0 Å². The Hall–Kier alpha value is -1.04. The number of hydrogen-bond donors (Lipinski definition) is 1. The third-order valence-electron chi connectivity index (χ3n) is 0.854. The summed E-state index contributed by atoms with van der Waals surface area (Å²) >= 11 is 0. The summed E-state index contributed by atoms with van der Waals surface area (Å²) in [7, 11) is 0. The van der Waals surface area contributed by atoms with Crippen molar-refractivity contribution >= 4 is 0 Å². The van der Waals surface area contributed by atoms with Crippen LogP contribution in [0.2, 0.25) is 0 Å². The van der Waals surface area contributed by atoms with Gasteiger partial charge in [-0.2, -0.15) is 4.98 Å². The molecule has 0 amide bonds. The third kappa shape index (κ3) is 1.27. The van der Waals surface area contributed by atoms with Crippen LogP contribution in [0.25, 0.3) is 0 Å². The number of nitrogens with two attached hydrogens (primary N) is 1. The minimum Gasteiger partial charge on any atom is -0.338 e. The Labute approximate surface area is 55.0 Å². The molecule has 4 nitrogen and oxygen atoms in total. The van der Waals surface area contributed by atoms with Crippen molar-refractivity contribution in [2.24, 2.45) is 5.73 Å². The van der Waals surface area contributed by atoms with Crippen molar-refractivity contribution in [1.82, 2.24) is 10.1 Å². The maximum atomic E-state index is 11.7. The molecule has 0 bridgehead atoms. The molecule has 10 heavy (non-hydrogen) atoms. The average Bonchev–Trinajstić information content (AvgIpc) is 2.34. The van der Waals surface area contributed by atoms with Crippen LogP contribution in [0, 0.1) is 0 Å².